The molecule has 0 saturated heterocycles. The Bertz CT molecular complexity index is 467. The average molecular weight is 205 g/mol. The highest BCUT2D eigenvalue weighted by atomic mass is 16.6. The standard InChI is InChI=1S/C8H7N5O2/c14-13(15)8-10-6-12(11-8)5-7-2-1-3-9-4-7/h1-4,6H,5H2. The molecule has 0 aliphatic heterocycles. The topological polar surface area (TPSA) is 86.7 Å². The summed E-state index contributed by atoms with van der Waals surface area (Å²) >= 11 is 0. The molecule has 76 valence electrons. The molecule has 0 bridgehead atoms. The Morgan fingerprint density at radius 3 is 3.00 bits per heavy atom. The number of pyridine rings is 1. The summed E-state index contributed by atoms with van der Waals surface area (Å²) in [4.78, 5) is 17.2. The lowest BCUT2D eigenvalue weighted by atomic mass is 10.3. The van der Waals surface area contributed by atoms with Gasteiger partial charge in [0, 0.05) is 17.5 Å². The fourth-order valence-corrected chi connectivity index (χ4v) is 1.12. The van der Waals surface area contributed by atoms with Crippen molar-refractivity contribution >= 4 is 5.95 Å². The van der Waals surface area contributed by atoms with E-state index in [0.717, 1.165) is 5.56 Å². The van der Waals surface area contributed by atoms with E-state index in [1.165, 1.54) is 11.0 Å². The largest absolute Gasteiger partial charge is 0.490 e. The Hall–Kier alpha value is -2.31. The molecule has 2 aromatic heterocycles. The third kappa shape index (κ3) is 2.13. The summed E-state index contributed by atoms with van der Waals surface area (Å²) < 4.78 is 1.40. The summed E-state index contributed by atoms with van der Waals surface area (Å²) in [6, 6.07) is 3.65. The maximum Gasteiger partial charge on any atom is 0.490 e. The first-order valence-electron chi connectivity index (χ1n) is 4.18. The van der Waals surface area contributed by atoms with E-state index in [-0.39, 0.29) is 5.95 Å². The zero-order chi connectivity index (χ0) is 10.7. The fraction of sp³-hybridized carbons (Fsp3) is 0.125. The molecule has 2 heterocycles. The van der Waals surface area contributed by atoms with Gasteiger partial charge in [-0.1, -0.05) is 11.1 Å². The van der Waals surface area contributed by atoms with Gasteiger partial charge >= 0.3 is 5.95 Å². The Labute approximate surface area is 84.6 Å². The molecular formula is C8H7N5O2. The first-order chi connectivity index (χ1) is 7.25. The molecule has 15 heavy (non-hydrogen) atoms. The van der Waals surface area contributed by atoms with Gasteiger partial charge in [0.1, 0.15) is 0 Å². The molecule has 0 N–H and O–H groups in total. The van der Waals surface area contributed by atoms with Crippen LogP contribution in [-0.4, -0.2) is 24.7 Å². The van der Waals surface area contributed by atoms with E-state index in [1.807, 2.05) is 6.07 Å². The van der Waals surface area contributed by atoms with Gasteiger partial charge in [-0.15, -0.1) is 0 Å². The van der Waals surface area contributed by atoms with Crippen molar-refractivity contribution in [2.45, 2.75) is 6.54 Å². The van der Waals surface area contributed by atoms with E-state index in [9.17, 15) is 10.1 Å². The molecule has 7 heteroatoms. The Kier molecular flexibility index (Phi) is 2.36. The number of hydrogen-bond donors (Lipinski definition) is 0. The molecule has 0 amide bonds. The first kappa shape index (κ1) is 9.25. The van der Waals surface area contributed by atoms with Crippen LogP contribution in [0.5, 0.6) is 0 Å². The number of hydrogen-bond acceptors (Lipinski definition) is 5. The summed E-state index contributed by atoms with van der Waals surface area (Å²) in [7, 11) is 0. The molecular weight excluding hydrogens is 198 g/mol. The van der Waals surface area contributed by atoms with Crippen molar-refractivity contribution in [2.75, 3.05) is 0 Å². The van der Waals surface area contributed by atoms with Gasteiger partial charge in [-0.2, -0.15) is 4.68 Å². The van der Waals surface area contributed by atoms with Gasteiger partial charge in [0.05, 0.1) is 6.54 Å². The van der Waals surface area contributed by atoms with E-state index in [1.54, 1.807) is 18.5 Å². The Balaban J connectivity index is 2.15. The van der Waals surface area contributed by atoms with Crippen LogP contribution in [0.25, 0.3) is 0 Å². The van der Waals surface area contributed by atoms with Crippen LogP contribution < -0.4 is 0 Å². The monoisotopic (exact) mass is 205 g/mol. The van der Waals surface area contributed by atoms with E-state index >= 15 is 0 Å². The van der Waals surface area contributed by atoms with Gasteiger partial charge < -0.3 is 10.1 Å². The molecule has 2 aromatic rings. The summed E-state index contributed by atoms with van der Waals surface area (Å²) in [5, 5.41) is 14.0. The molecule has 0 atom stereocenters. The highest BCUT2D eigenvalue weighted by Crippen LogP contribution is 2.03. The number of nitro groups is 1. The van der Waals surface area contributed by atoms with Crippen LogP contribution in [-0.2, 0) is 6.54 Å². The predicted molar refractivity (Wildman–Crippen MR) is 50.0 cm³/mol. The van der Waals surface area contributed by atoms with Crippen molar-refractivity contribution in [1.82, 2.24) is 19.7 Å². The summed E-state index contributed by atoms with van der Waals surface area (Å²) in [6.07, 6.45) is 4.66. The van der Waals surface area contributed by atoms with Crippen LogP contribution in [0.1, 0.15) is 5.56 Å². The van der Waals surface area contributed by atoms with Crippen molar-refractivity contribution in [3.05, 3.63) is 46.5 Å². The van der Waals surface area contributed by atoms with Crippen LogP contribution in [0.4, 0.5) is 5.95 Å². The Morgan fingerprint density at radius 1 is 1.53 bits per heavy atom. The van der Waals surface area contributed by atoms with E-state index in [4.69, 9.17) is 0 Å². The zero-order valence-corrected chi connectivity index (χ0v) is 7.65. The van der Waals surface area contributed by atoms with Gasteiger partial charge in [-0.3, -0.25) is 4.98 Å². The summed E-state index contributed by atoms with van der Waals surface area (Å²) in [5.41, 5.74) is 0.914. The second kappa shape index (κ2) is 3.82. The van der Waals surface area contributed by atoms with E-state index in [0.29, 0.717) is 6.54 Å². The van der Waals surface area contributed by atoms with Crippen molar-refractivity contribution < 1.29 is 4.92 Å². The van der Waals surface area contributed by atoms with Gasteiger partial charge in [0.15, 0.2) is 0 Å². The SMILES string of the molecule is O=[N+]([O-])c1ncn(Cc2cccnc2)n1. The second-order valence-electron chi connectivity index (χ2n) is 2.86. The maximum absolute atomic E-state index is 10.3. The number of nitrogens with zero attached hydrogens (tertiary/aromatic N) is 5. The molecule has 0 radical (unpaired) electrons. The van der Waals surface area contributed by atoms with E-state index < -0.39 is 4.92 Å². The van der Waals surface area contributed by atoms with Crippen LogP contribution in [0.15, 0.2) is 30.9 Å². The lowest BCUT2D eigenvalue weighted by Gasteiger charge is -1.95. The molecule has 2 rings (SSSR count). The Morgan fingerprint density at radius 2 is 2.40 bits per heavy atom. The van der Waals surface area contributed by atoms with Crippen LogP contribution >= 0.6 is 0 Å². The maximum atomic E-state index is 10.3. The average Bonchev–Trinajstić information content (AvgIpc) is 2.68. The predicted octanol–water partition coefficient (Wildman–Crippen LogP) is 0.630. The minimum absolute atomic E-state index is 0.390. The van der Waals surface area contributed by atoms with Gasteiger partial charge in [0.25, 0.3) is 0 Å². The van der Waals surface area contributed by atoms with Crippen LogP contribution in [0.2, 0.25) is 0 Å². The first-order valence-corrected chi connectivity index (χ1v) is 4.18. The molecule has 0 fully saturated rings. The summed E-state index contributed by atoms with van der Waals surface area (Å²) in [6.45, 7) is 0.425. The van der Waals surface area contributed by atoms with Crippen molar-refractivity contribution in [3.63, 3.8) is 0 Å². The quantitative estimate of drug-likeness (QED) is 0.541. The minimum atomic E-state index is -0.625. The normalized spacial score (nSPS) is 10.1. The molecule has 0 spiro atoms. The van der Waals surface area contributed by atoms with Crippen molar-refractivity contribution in [2.24, 2.45) is 0 Å². The highest BCUT2D eigenvalue weighted by Gasteiger charge is 2.12. The smallest absolute Gasteiger partial charge is 0.390 e. The third-order valence-corrected chi connectivity index (χ3v) is 1.76. The molecule has 0 aromatic carbocycles. The summed E-state index contributed by atoms with van der Waals surface area (Å²) in [5.74, 6) is -0.390. The van der Waals surface area contributed by atoms with Crippen LogP contribution in [0, 0.1) is 10.1 Å². The van der Waals surface area contributed by atoms with Gasteiger partial charge in [-0.25, -0.2) is 0 Å². The number of rotatable bonds is 3. The highest BCUT2D eigenvalue weighted by molar-refractivity contribution is 5.09. The number of aromatic nitrogens is 4. The lowest BCUT2D eigenvalue weighted by Crippen LogP contribution is -2.01. The minimum Gasteiger partial charge on any atom is -0.390 e. The zero-order valence-electron chi connectivity index (χ0n) is 7.65. The molecule has 0 saturated carbocycles. The van der Waals surface area contributed by atoms with Crippen molar-refractivity contribution in [3.8, 4) is 0 Å². The molecule has 0 unspecified atom stereocenters. The van der Waals surface area contributed by atoms with Crippen LogP contribution in [0.3, 0.4) is 0 Å². The van der Waals surface area contributed by atoms with Gasteiger partial charge in [0.2, 0.25) is 6.33 Å². The lowest BCUT2D eigenvalue weighted by molar-refractivity contribution is -0.394. The van der Waals surface area contributed by atoms with Crippen molar-refractivity contribution in [1.29, 1.82) is 0 Å². The van der Waals surface area contributed by atoms with E-state index in [2.05, 4.69) is 15.1 Å². The second-order valence-corrected chi connectivity index (χ2v) is 2.86. The third-order valence-electron chi connectivity index (χ3n) is 1.76. The molecule has 0 aliphatic carbocycles. The van der Waals surface area contributed by atoms with Gasteiger partial charge in [-0.05, 0) is 16.6 Å². The molecule has 7 nitrogen and oxygen atoms in total. The fourth-order valence-electron chi connectivity index (χ4n) is 1.12. The molecule has 0 aliphatic rings.